The zero-order valence-corrected chi connectivity index (χ0v) is 24.5. The summed E-state index contributed by atoms with van der Waals surface area (Å²) in [7, 11) is 3.46. The van der Waals surface area contributed by atoms with E-state index in [2.05, 4.69) is 4.90 Å². The topological polar surface area (TPSA) is 70.2 Å². The molecule has 2 aliphatic heterocycles. The van der Waals surface area contributed by atoms with Gasteiger partial charge in [-0.15, -0.1) is 0 Å². The SMILES string of the molecule is CC(=O)Oc1ccc(C(C)(C)C(=O)N2CCC(C3CCN(c4ccc(C(=O)N(C)C)c(Cl)c4)CC3)CC2)cc1. The van der Waals surface area contributed by atoms with E-state index in [-0.39, 0.29) is 17.8 Å². The molecule has 0 spiro atoms. The van der Waals surface area contributed by atoms with Gasteiger partial charge in [0.05, 0.1) is 16.0 Å². The van der Waals surface area contributed by atoms with E-state index in [0.717, 1.165) is 63.1 Å². The maximum atomic E-state index is 13.5. The van der Waals surface area contributed by atoms with Gasteiger partial charge in [0.2, 0.25) is 5.91 Å². The van der Waals surface area contributed by atoms with Crippen LogP contribution in [0.15, 0.2) is 42.5 Å². The standard InChI is InChI=1S/C31H40ClN3O4/c1-21(36)39-26-9-6-24(7-10-26)31(2,3)30(38)35-18-14-23(15-19-35)22-12-16-34(17-13-22)25-8-11-27(28(32)20-25)29(37)33(4)5/h6-11,20,22-23H,12-19H2,1-5H3. The average molecular weight is 554 g/mol. The fourth-order valence-electron chi connectivity index (χ4n) is 5.94. The Morgan fingerprint density at radius 1 is 0.897 bits per heavy atom. The highest BCUT2D eigenvalue weighted by Gasteiger charge is 2.37. The maximum Gasteiger partial charge on any atom is 0.308 e. The van der Waals surface area contributed by atoms with E-state index in [1.807, 2.05) is 49.1 Å². The van der Waals surface area contributed by atoms with Gasteiger partial charge < -0.3 is 19.4 Å². The Labute approximate surface area is 237 Å². The summed E-state index contributed by atoms with van der Waals surface area (Å²) in [5, 5.41) is 0.494. The van der Waals surface area contributed by atoms with Gasteiger partial charge in [0.15, 0.2) is 0 Å². The fraction of sp³-hybridized carbons (Fsp3) is 0.516. The number of rotatable bonds is 6. The monoisotopic (exact) mass is 553 g/mol. The van der Waals surface area contributed by atoms with Crippen molar-refractivity contribution in [2.24, 2.45) is 11.8 Å². The Bertz CT molecular complexity index is 1190. The average Bonchev–Trinajstić information content (AvgIpc) is 2.92. The van der Waals surface area contributed by atoms with Crippen molar-refractivity contribution in [1.82, 2.24) is 9.80 Å². The molecule has 7 nitrogen and oxygen atoms in total. The van der Waals surface area contributed by atoms with Crippen LogP contribution in [0.4, 0.5) is 5.69 Å². The lowest BCUT2D eigenvalue weighted by Crippen LogP contribution is -2.48. The minimum atomic E-state index is -0.652. The van der Waals surface area contributed by atoms with Crippen molar-refractivity contribution in [1.29, 1.82) is 0 Å². The van der Waals surface area contributed by atoms with Crippen molar-refractivity contribution in [3.05, 3.63) is 58.6 Å². The number of carbonyl (C=O) groups excluding carboxylic acids is 3. The van der Waals surface area contributed by atoms with Gasteiger partial charge in [-0.2, -0.15) is 0 Å². The van der Waals surface area contributed by atoms with Gasteiger partial charge in [-0.25, -0.2) is 0 Å². The number of carbonyl (C=O) groups is 3. The van der Waals surface area contributed by atoms with Gasteiger partial charge in [0.25, 0.3) is 5.91 Å². The number of nitrogens with zero attached hydrogens (tertiary/aromatic N) is 3. The minimum Gasteiger partial charge on any atom is -0.427 e. The third-order valence-corrected chi connectivity index (χ3v) is 8.67. The molecule has 2 amide bonds. The van der Waals surface area contributed by atoms with E-state index < -0.39 is 5.41 Å². The summed E-state index contributed by atoms with van der Waals surface area (Å²) in [6.45, 7) is 8.82. The van der Waals surface area contributed by atoms with E-state index in [0.29, 0.717) is 28.2 Å². The molecule has 2 aromatic carbocycles. The van der Waals surface area contributed by atoms with Crippen molar-refractivity contribution in [3.8, 4) is 5.75 Å². The zero-order valence-electron chi connectivity index (χ0n) is 23.7. The third kappa shape index (κ3) is 6.57. The number of amides is 2. The molecule has 0 atom stereocenters. The zero-order chi connectivity index (χ0) is 28.3. The largest absolute Gasteiger partial charge is 0.427 e. The Morgan fingerprint density at radius 3 is 1.97 bits per heavy atom. The fourth-order valence-corrected chi connectivity index (χ4v) is 6.20. The lowest BCUT2D eigenvalue weighted by atomic mass is 9.77. The second-order valence-electron chi connectivity index (χ2n) is 11.6. The summed E-state index contributed by atoms with van der Waals surface area (Å²) in [4.78, 5) is 42.9. The number of piperidine rings is 2. The van der Waals surface area contributed by atoms with Crippen LogP contribution in [0.3, 0.4) is 0 Å². The molecular weight excluding hydrogens is 514 g/mol. The lowest BCUT2D eigenvalue weighted by Gasteiger charge is -2.42. The molecule has 39 heavy (non-hydrogen) atoms. The normalized spacial score (nSPS) is 17.2. The molecule has 0 aliphatic carbocycles. The van der Waals surface area contributed by atoms with Crippen LogP contribution in [0.2, 0.25) is 5.02 Å². The van der Waals surface area contributed by atoms with Crippen LogP contribution < -0.4 is 9.64 Å². The van der Waals surface area contributed by atoms with Gasteiger partial charge in [-0.1, -0.05) is 23.7 Å². The molecule has 0 bridgehead atoms. The molecule has 2 heterocycles. The highest BCUT2D eigenvalue weighted by molar-refractivity contribution is 6.34. The predicted octanol–water partition coefficient (Wildman–Crippen LogP) is 5.40. The maximum absolute atomic E-state index is 13.5. The van der Waals surface area contributed by atoms with Crippen molar-refractivity contribution >= 4 is 35.1 Å². The summed E-state index contributed by atoms with van der Waals surface area (Å²) < 4.78 is 5.13. The van der Waals surface area contributed by atoms with Gasteiger partial charge in [-0.3, -0.25) is 14.4 Å². The molecule has 0 radical (unpaired) electrons. The Kier molecular flexibility index (Phi) is 8.90. The number of likely N-dealkylation sites (tertiary alicyclic amines) is 1. The third-order valence-electron chi connectivity index (χ3n) is 8.36. The first-order valence-electron chi connectivity index (χ1n) is 13.8. The van der Waals surface area contributed by atoms with Crippen LogP contribution in [-0.4, -0.2) is 67.9 Å². The van der Waals surface area contributed by atoms with Gasteiger partial charge in [-0.05, 0) is 87.3 Å². The van der Waals surface area contributed by atoms with Crippen LogP contribution in [0.5, 0.6) is 5.75 Å². The second kappa shape index (κ2) is 12.0. The summed E-state index contributed by atoms with van der Waals surface area (Å²) >= 11 is 6.45. The molecule has 2 fully saturated rings. The van der Waals surface area contributed by atoms with Crippen LogP contribution in [-0.2, 0) is 15.0 Å². The molecule has 2 aliphatic rings. The summed E-state index contributed by atoms with van der Waals surface area (Å²) in [6, 6.07) is 13.0. The number of hydrogen-bond donors (Lipinski definition) is 0. The van der Waals surface area contributed by atoms with Crippen LogP contribution in [0.1, 0.15) is 62.4 Å². The Hall–Kier alpha value is -3.06. The molecular formula is C31H40ClN3O4. The molecule has 0 unspecified atom stereocenters. The number of anilines is 1. The first kappa shape index (κ1) is 28.9. The number of hydrogen-bond acceptors (Lipinski definition) is 5. The van der Waals surface area contributed by atoms with E-state index in [4.69, 9.17) is 16.3 Å². The molecule has 0 saturated carbocycles. The summed E-state index contributed by atoms with van der Waals surface area (Å²) in [6.07, 6.45) is 4.31. The second-order valence-corrected chi connectivity index (χ2v) is 12.0. The first-order valence-corrected chi connectivity index (χ1v) is 14.2. The molecule has 210 valence electrons. The van der Waals surface area contributed by atoms with Crippen molar-refractivity contribution in [3.63, 3.8) is 0 Å². The smallest absolute Gasteiger partial charge is 0.308 e. The van der Waals surface area contributed by atoms with Crippen molar-refractivity contribution in [2.75, 3.05) is 45.2 Å². The minimum absolute atomic E-state index is 0.0874. The Balaban J connectivity index is 1.29. The molecule has 2 aromatic rings. The summed E-state index contributed by atoms with van der Waals surface area (Å²) in [5.74, 6) is 1.47. The van der Waals surface area contributed by atoms with Crippen LogP contribution in [0.25, 0.3) is 0 Å². The van der Waals surface area contributed by atoms with E-state index in [9.17, 15) is 14.4 Å². The number of benzene rings is 2. The quantitative estimate of drug-likeness (QED) is 0.354. The first-order chi connectivity index (χ1) is 18.5. The van der Waals surface area contributed by atoms with Crippen LogP contribution in [0, 0.1) is 11.8 Å². The molecule has 2 saturated heterocycles. The van der Waals surface area contributed by atoms with E-state index in [1.54, 1.807) is 26.2 Å². The van der Waals surface area contributed by atoms with E-state index in [1.165, 1.54) is 11.8 Å². The van der Waals surface area contributed by atoms with Crippen molar-refractivity contribution < 1.29 is 19.1 Å². The van der Waals surface area contributed by atoms with E-state index >= 15 is 0 Å². The Morgan fingerprint density at radius 2 is 1.46 bits per heavy atom. The van der Waals surface area contributed by atoms with Gasteiger partial charge in [0.1, 0.15) is 5.75 Å². The predicted molar refractivity (Wildman–Crippen MR) is 154 cm³/mol. The molecule has 0 aromatic heterocycles. The highest BCUT2D eigenvalue weighted by atomic mass is 35.5. The van der Waals surface area contributed by atoms with Crippen molar-refractivity contribution in [2.45, 2.75) is 51.9 Å². The number of esters is 1. The lowest BCUT2D eigenvalue weighted by molar-refractivity contribution is -0.138. The molecule has 8 heteroatoms. The number of ether oxygens (including phenoxy) is 1. The highest BCUT2D eigenvalue weighted by Crippen LogP contribution is 2.36. The van der Waals surface area contributed by atoms with Gasteiger partial charge >= 0.3 is 5.97 Å². The molecule has 4 rings (SSSR count). The number of halogens is 1. The summed E-state index contributed by atoms with van der Waals surface area (Å²) in [5.41, 5.74) is 1.86. The van der Waals surface area contributed by atoms with Gasteiger partial charge in [0, 0.05) is 52.9 Å². The van der Waals surface area contributed by atoms with Crippen LogP contribution >= 0.6 is 11.6 Å². The molecule has 0 N–H and O–H groups in total.